The minimum atomic E-state index is -1.29. The van der Waals surface area contributed by atoms with E-state index in [1.54, 1.807) is 19.9 Å². The van der Waals surface area contributed by atoms with Gasteiger partial charge in [-0.2, -0.15) is 0 Å². The smallest absolute Gasteiger partial charge is 0.407 e. The molecule has 2 aromatic carbocycles. The topological polar surface area (TPSA) is 218 Å². The van der Waals surface area contributed by atoms with Gasteiger partial charge in [0.25, 0.3) is 5.91 Å². The van der Waals surface area contributed by atoms with Gasteiger partial charge in [-0.05, 0) is 87.2 Å². The van der Waals surface area contributed by atoms with Crippen LogP contribution in [0.3, 0.4) is 0 Å². The standard InChI is InChI=1S/C42H62N6O9/c1-27(2)34(23-36(50)35(17-9-10-20-43)46-38(52)26-56-33-19-18-29-12-7-8-13-30(29)22-33)40(53)44-24-37(51)47-39(28(3)49)41(54)48-21-11-16-32(48)25-57-42(55)45-31-14-5-4-6-15-31/h7-8,12-13,18-19,22,27-28,31-32,34-35,39,49H,4-6,9-11,14-17,20-21,23-26,43H2,1-3H3,(H,44,53)(H,45,55)(H,46,52)(H,47,51)/t28-,32+,34+,35+,39+/m1/s1. The van der Waals surface area contributed by atoms with Gasteiger partial charge in [0.05, 0.1) is 24.7 Å². The Kier molecular flexibility index (Phi) is 18.0. The number of nitrogens with two attached hydrogens (primary N) is 1. The van der Waals surface area contributed by atoms with Gasteiger partial charge in [0.2, 0.25) is 17.7 Å². The van der Waals surface area contributed by atoms with E-state index in [9.17, 15) is 33.9 Å². The van der Waals surface area contributed by atoms with Crippen LogP contribution in [0.1, 0.15) is 91.4 Å². The van der Waals surface area contributed by atoms with Crippen molar-refractivity contribution in [3.8, 4) is 5.75 Å². The molecule has 0 aromatic heterocycles. The number of benzene rings is 2. The van der Waals surface area contributed by atoms with E-state index >= 15 is 0 Å². The maximum absolute atomic E-state index is 13.6. The zero-order chi connectivity index (χ0) is 41.3. The monoisotopic (exact) mass is 794 g/mol. The van der Waals surface area contributed by atoms with Crippen LogP contribution in [0, 0.1) is 11.8 Å². The third-order valence-corrected chi connectivity index (χ3v) is 10.8. The van der Waals surface area contributed by atoms with E-state index < -0.39 is 66.4 Å². The van der Waals surface area contributed by atoms with Gasteiger partial charge in [0, 0.05) is 24.9 Å². The van der Waals surface area contributed by atoms with Gasteiger partial charge >= 0.3 is 6.09 Å². The largest absolute Gasteiger partial charge is 0.484 e. The first-order valence-electron chi connectivity index (χ1n) is 20.5. The molecule has 1 saturated heterocycles. The van der Waals surface area contributed by atoms with Gasteiger partial charge < -0.3 is 46.5 Å². The summed E-state index contributed by atoms with van der Waals surface area (Å²) in [5.41, 5.74) is 5.68. The molecule has 4 rings (SSSR count). The molecule has 15 nitrogen and oxygen atoms in total. The van der Waals surface area contributed by atoms with Gasteiger partial charge in [0.15, 0.2) is 12.4 Å². The third kappa shape index (κ3) is 14.3. The van der Waals surface area contributed by atoms with Crippen LogP contribution in [0.15, 0.2) is 42.5 Å². The van der Waals surface area contributed by atoms with E-state index in [0.29, 0.717) is 50.9 Å². The maximum Gasteiger partial charge on any atom is 0.407 e. The molecule has 2 aromatic rings. The lowest BCUT2D eigenvalue weighted by Crippen LogP contribution is -2.57. The van der Waals surface area contributed by atoms with Crippen molar-refractivity contribution in [1.82, 2.24) is 26.2 Å². The Hall–Kier alpha value is -4.76. The molecule has 2 aliphatic rings. The van der Waals surface area contributed by atoms with E-state index in [-0.39, 0.29) is 37.4 Å². The molecule has 0 bridgehead atoms. The summed E-state index contributed by atoms with van der Waals surface area (Å²) in [4.78, 5) is 80.6. The lowest BCUT2D eigenvalue weighted by molar-refractivity contribution is -0.140. The number of likely N-dealkylation sites (tertiary alicyclic amines) is 1. The number of aliphatic hydroxyl groups is 1. The summed E-state index contributed by atoms with van der Waals surface area (Å²) < 4.78 is 11.2. The van der Waals surface area contributed by atoms with E-state index in [2.05, 4.69) is 21.3 Å². The second kappa shape index (κ2) is 22.8. The Bertz CT molecular complexity index is 1660. The molecule has 0 spiro atoms. The number of carbonyl (C=O) groups is 6. The summed E-state index contributed by atoms with van der Waals surface area (Å²) in [5.74, 6) is -3.16. The normalized spacial score (nSPS) is 17.9. The van der Waals surface area contributed by atoms with Gasteiger partial charge in [0.1, 0.15) is 18.4 Å². The van der Waals surface area contributed by atoms with E-state index in [1.165, 1.54) is 11.8 Å². The Morgan fingerprint density at radius 3 is 2.33 bits per heavy atom. The SMILES string of the molecule is CC(C)[C@H](CC(=O)[C@H](CCCCN)NC(=O)COc1ccc2ccccc2c1)C(=O)NCC(=O)N[C@H](C(=O)N1CCC[C@H]1COC(=O)NC1CCCCC1)[C@@H](C)O. The molecule has 0 unspecified atom stereocenters. The van der Waals surface area contributed by atoms with Crippen molar-refractivity contribution in [3.63, 3.8) is 0 Å². The summed E-state index contributed by atoms with van der Waals surface area (Å²) in [6, 6.07) is 10.8. The predicted molar refractivity (Wildman–Crippen MR) is 215 cm³/mol. The number of Topliss-reactive ketones (excluding diaryl/α,β-unsaturated/α-hetero) is 1. The van der Waals surface area contributed by atoms with Crippen LogP contribution >= 0.6 is 0 Å². The molecule has 1 saturated carbocycles. The average Bonchev–Trinajstić information content (AvgIpc) is 3.67. The van der Waals surface area contributed by atoms with Crippen LogP contribution in [0.25, 0.3) is 10.8 Å². The van der Waals surface area contributed by atoms with E-state index in [1.807, 2.05) is 36.4 Å². The van der Waals surface area contributed by atoms with Crippen molar-refractivity contribution < 1.29 is 43.3 Å². The number of fused-ring (bicyclic) bond motifs is 1. The highest BCUT2D eigenvalue weighted by Crippen LogP contribution is 2.23. The fourth-order valence-corrected chi connectivity index (χ4v) is 7.46. The minimum absolute atomic E-state index is 0.00715. The number of ketones is 1. The second-order valence-electron chi connectivity index (χ2n) is 15.6. The Labute approximate surface area is 335 Å². The van der Waals surface area contributed by atoms with Crippen LogP contribution in [0.4, 0.5) is 4.79 Å². The first-order valence-corrected chi connectivity index (χ1v) is 20.5. The summed E-state index contributed by atoms with van der Waals surface area (Å²) in [7, 11) is 0. The number of nitrogens with one attached hydrogen (secondary N) is 4. The van der Waals surface area contributed by atoms with Crippen LogP contribution in [0.5, 0.6) is 5.75 Å². The zero-order valence-electron chi connectivity index (χ0n) is 33.6. The summed E-state index contributed by atoms with van der Waals surface area (Å²) in [6.45, 7) is 4.95. The molecule has 5 atom stereocenters. The molecular weight excluding hydrogens is 732 g/mol. The Morgan fingerprint density at radius 1 is 0.895 bits per heavy atom. The molecule has 0 radical (unpaired) electrons. The minimum Gasteiger partial charge on any atom is -0.484 e. The first kappa shape index (κ1) is 44.9. The fraction of sp³-hybridized carbons (Fsp3) is 0.619. The zero-order valence-corrected chi connectivity index (χ0v) is 33.6. The van der Waals surface area contributed by atoms with Crippen molar-refractivity contribution in [2.24, 2.45) is 17.6 Å². The lowest BCUT2D eigenvalue weighted by atomic mass is 9.87. The van der Waals surface area contributed by atoms with Crippen molar-refractivity contribution in [1.29, 1.82) is 0 Å². The number of rotatable bonds is 21. The molecule has 15 heteroatoms. The maximum atomic E-state index is 13.6. The van der Waals surface area contributed by atoms with Gasteiger partial charge in [-0.3, -0.25) is 24.0 Å². The van der Waals surface area contributed by atoms with Crippen molar-refractivity contribution in [2.75, 3.05) is 32.8 Å². The molecule has 57 heavy (non-hydrogen) atoms. The average molecular weight is 795 g/mol. The number of amides is 5. The Balaban J connectivity index is 1.27. The molecule has 1 aliphatic heterocycles. The number of alkyl carbamates (subject to hydrolysis) is 1. The molecule has 5 amide bonds. The number of hydrogen-bond acceptors (Lipinski definition) is 10. The molecule has 1 heterocycles. The van der Waals surface area contributed by atoms with Crippen LogP contribution in [-0.4, -0.2) is 109 Å². The second-order valence-corrected chi connectivity index (χ2v) is 15.6. The number of nitrogens with zero attached hydrogens (tertiary/aromatic N) is 1. The highest BCUT2D eigenvalue weighted by Gasteiger charge is 2.37. The summed E-state index contributed by atoms with van der Waals surface area (Å²) in [5, 5.41) is 23.3. The van der Waals surface area contributed by atoms with Gasteiger partial charge in [-0.15, -0.1) is 0 Å². The first-order chi connectivity index (χ1) is 27.4. The highest BCUT2D eigenvalue weighted by atomic mass is 16.5. The van der Waals surface area contributed by atoms with Crippen molar-refractivity contribution in [2.45, 2.75) is 122 Å². The van der Waals surface area contributed by atoms with Crippen LogP contribution in [0.2, 0.25) is 0 Å². The van der Waals surface area contributed by atoms with Crippen molar-refractivity contribution >= 4 is 46.3 Å². The quantitative estimate of drug-likeness (QED) is 0.102. The van der Waals surface area contributed by atoms with Crippen molar-refractivity contribution in [3.05, 3.63) is 42.5 Å². The highest BCUT2D eigenvalue weighted by molar-refractivity contribution is 5.94. The van der Waals surface area contributed by atoms with Crippen LogP contribution in [-0.2, 0) is 28.7 Å². The number of unbranched alkanes of at least 4 members (excludes halogenated alkanes) is 1. The van der Waals surface area contributed by atoms with Gasteiger partial charge in [-0.1, -0.05) is 63.4 Å². The molecular formula is C42H62N6O9. The number of carbonyl (C=O) groups excluding carboxylic acids is 6. The predicted octanol–water partition coefficient (Wildman–Crippen LogP) is 3.10. The Morgan fingerprint density at radius 2 is 1.63 bits per heavy atom. The van der Waals surface area contributed by atoms with Gasteiger partial charge in [-0.25, -0.2) is 4.79 Å². The lowest BCUT2D eigenvalue weighted by Gasteiger charge is -2.30. The van der Waals surface area contributed by atoms with E-state index in [0.717, 1.165) is 42.9 Å². The molecule has 7 N–H and O–H groups in total. The number of hydrogen-bond donors (Lipinski definition) is 6. The molecule has 1 aliphatic carbocycles. The fourth-order valence-electron chi connectivity index (χ4n) is 7.46. The third-order valence-electron chi connectivity index (χ3n) is 10.8. The molecule has 314 valence electrons. The summed E-state index contributed by atoms with van der Waals surface area (Å²) >= 11 is 0. The summed E-state index contributed by atoms with van der Waals surface area (Å²) in [6.07, 6.45) is 5.99. The number of ether oxygens (including phenoxy) is 2. The van der Waals surface area contributed by atoms with E-state index in [4.69, 9.17) is 15.2 Å². The number of aliphatic hydroxyl groups excluding tert-OH is 1. The van der Waals surface area contributed by atoms with Crippen LogP contribution < -0.4 is 31.7 Å². The molecule has 2 fully saturated rings.